The number of Topliss-reactive ketones (excluding diaryl/α,β-unsaturated/α-hetero) is 2. The molecule has 0 radical (unpaired) electrons. The van der Waals surface area contributed by atoms with Gasteiger partial charge in [-0.05, 0) is 85.7 Å². The van der Waals surface area contributed by atoms with E-state index in [4.69, 9.17) is 0 Å². The molecule has 0 N–H and O–H groups in total. The van der Waals surface area contributed by atoms with Gasteiger partial charge >= 0.3 is 0 Å². The summed E-state index contributed by atoms with van der Waals surface area (Å²) >= 11 is 0. The van der Waals surface area contributed by atoms with E-state index in [2.05, 4.69) is 13.8 Å². The van der Waals surface area contributed by atoms with Gasteiger partial charge in [0.1, 0.15) is 11.6 Å². The molecular formula is C27H34N2O6S. The van der Waals surface area contributed by atoms with Crippen molar-refractivity contribution in [1.82, 2.24) is 4.31 Å². The number of hydrogen-bond acceptors (Lipinski definition) is 6. The number of nitro groups is 1. The van der Waals surface area contributed by atoms with Crippen molar-refractivity contribution in [2.24, 2.45) is 40.4 Å². The van der Waals surface area contributed by atoms with Gasteiger partial charge in [-0.15, -0.1) is 0 Å². The second-order valence-electron chi connectivity index (χ2n) is 12.4. The summed E-state index contributed by atoms with van der Waals surface area (Å²) in [5, 5.41) is 11.1. The van der Waals surface area contributed by atoms with Gasteiger partial charge in [-0.3, -0.25) is 19.7 Å². The van der Waals surface area contributed by atoms with Gasteiger partial charge in [-0.1, -0.05) is 13.8 Å². The summed E-state index contributed by atoms with van der Waals surface area (Å²) in [5.74, 6) is 1.35. The zero-order valence-electron chi connectivity index (χ0n) is 21.1. The predicted molar refractivity (Wildman–Crippen MR) is 131 cm³/mol. The van der Waals surface area contributed by atoms with Gasteiger partial charge in [0.2, 0.25) is 10.0 Å². The summed E-state index contributed by atoms with van der Waals surface area (Å²) in [6.45, 7) is 6.07. The smallest absolute Gasteiger partial charge is 0.269 e. The van der Waals surface area contributed by atoms with Crippen LogP contribution in [-0.2, 0) is 19.6 Å². The fourth-order valence-electron chi connectivity index (χ4n) is 9.62. The normalized spacial score (nSPS) is 45.1. The number of sulfonamides is 1. The number of fused-ring (bicyclic) bond motifs is 8. The van der Waals surface area contributed by atoms with Crippen LogP contribution in [0.5, 0.6) is 0 Å². The SMILES string of the molecule is CC(=O)[C@H]1CC[C@H]2[C@@H]3CCC4CC(=O)CC[C@]4(C)[C@H]3[C@H]3[C@H](N3S(=O)(=O)c3ccc([N+](=O)[O-])cc3)[C@]12C. The summed E-state index contributed by atoms with van der Waals surface area (Å²) in [7, 11) is -3.91. The molecule has 0 amide bonds. The molecule has 1 aliphatic heterocycles. The first-order valence-electron chi connectivity index (χ1n) is 13.2. The number of carbonyl (C=O) groups is 2. The summed E-state index contributed by atoms with van der Waals surface area (Å²) in [6, 6.07) is 4.69. The van der Waals surface area contributed by atoms with Gasteiger partial charge in [0.05, 0.1) is 9.82 Å². The average Bonchev–Trinajstić information content (AvgIpc) is 3.49. The number of carbonyl (C=O) groups excluding carboxylic acids is 2. The maximum atomic E-state index is 14.1. The summed E-state index contributed by atoms with van der Waals surface area (Å²) in [5.41, 5.74) is -0.667. The minimum atomic E-state index is -3.91. The van der Waals surface area contributed by atoms with Crippen molar-refractivity contribution in [3.63, 3.8) is 0 Å². The van der Waals surface area contributed by atoms with Crippen LogP contribution in [0.1, 0.15) is 65.7 Å². The van der Waals surface area contributed by atoms with E-state index in [1.54, 1.807) is 11.2 Å². The highest BCUT2D eigenvalue weighted by Crippen LogP contribution is 2.73. The number of nitrogens with zero attached hydrogens (tertiary/aromatic N) is 2. The molecule has 4 saturated carbocycles. The molecule has 9 heteroatoms. The van der Waals surface area contributed by atoms with Crippen LogP contribution in [0.15, 0.2) is 29.2 Å². The van der Waals surface area contributed by atoms with E-state index in [0.717, 1.165) is 32.1 Å². The minimum absolute atomic E-state index is 0.0629. The van der Waals surface area contributed by atoms with Crippen LogP contribution in [0, 0.1) is 50.5 Å². The van der Waals surface area contributed by atoms with Crippen LogP contribution in [0.25, 0.3) is 0 Å². The molecule has 8 nitrogen and oxygen atoms in total. The predicted octanol–water partition coefficient (Wildman–Crippen LogP) is 4.37. The standard InChI is InChI=1S/C27H34N2O6S/c1-15(30)21-10-11-22-20-9-4-16-14-18(31)12-13-26(16,2)23(20)24-25(27(21,22)3)28(24)36(34,35)19-7-5-17(6-8-19)29(32)33/h5-8,16,20-25H,4,9-14H2,1-3H3/t16?,20-,21+,22-,23+,24-,25-,26-,27+,28?/m0/s1. The zero-order valence-corrected chi connectivity index (χ0v) is 21.9. The molecule has 0 bridgehead atoms. The molecule has 5 fully saturated rings. The molecule has 5 aliphatic rings. The highest BCUT2D eigenvalue weighted by molar-refractivity contribution is 7.89. The van der Waals surface area contributed by atoms with Crippen LogP contribution >= 0.6 is 0 Å². The fraction of sp³-hybridized carbons (Fsp3) is 0.704. The highest BCUT2D eigenvalue weighted by atomic mass is 32.2. The third-order valence-corrected chi connectivity index (χ3v) is 13.1. The van der Waals surface area contributed by atoms with E-state index >= 15 is 0 Å². The summed E-state index contributed by atoms with van der Waals surface area (Å²) in [6.07, 6.45) is 5.66. The third kappa shape index (κ3) is 3.04. The zero-order chi connectivity index (χ0) is 25.8. The van der Waals surface area contributed by atoms with Crippen molar-refractivity contribution in [3.05, 3.63) is 34.4 Å². The Morgan fingerprint density at radius 2 is 1.81 bits per heavy atom. The fourth-order valence-corrected chi connectivity index (χ4v) is 11.5. The number of ketones is 2. The van der Waals surface area contributed by atoms with E-state index in [-0.39, 0.29) is 57.5 Å². The maximum Gasteiger partial charge on any atom is 0.269 e. The lowest BCUT2D eigenvalue weighted by molar-refractivity contribution is -0.384. The first-order valence-corrected chi connectivity index (χ1v) is 14.7. The minimum Gasteiger partial charge on any atom is -0.300 e. The van der Waals surface area contributed by atoms with E-state index in [0.29, 0.717) is 24.5 Å². The largest absolute Gasteiger partial charge is 0.300 e. The molecule has 36 heavy (non-hydrogen) atoms. The van der Waals surface area contributed by atoms with Gasteiger partial charge in [-0.25, -0.2) is 8.42 Å². The highest BCUT2D eigenvalue weighted by Gasteiger charge is 2.78. The lowest BCUT2D eigenvalue weighted by atomic mass is 9.44. The van der Waals surface area contributed by atoms with Crippen molar-refractivity contribution < 1.29 is 22.9 Å². The van der Waals surface area contributed by atoms with E-state index in [9.17, 15) is 28.1 Å². The molecule has 0 aromatic heterocycles. The van der Waals surface area contributed by atoms with E-state index in [1.807, 2.05) is 0 Å². The molecule has 2 unspecified atom stereocenters. The quantitative estimate of drug-likeness (QED) is 0.335. The van der Waals surface area contributed by atoms with E-state index < -0.39 is 20.4 Å². The number of nitro benzene ring substituents is 1. The van der Waals surface area contributed by atoms with E-state index in [1.165, 1.54) is 24.3 Å². The molecule has 4 aliphatic carbocycles. The Balaban J connectivity index is 1.46. The molecule has 10 atom stereocenters. The molecular weight excluding hydrogens is 480 g/mol. The van der Waals surface area contributed by atoms with Gasteiger partial charge < -0.3 is 0 Å². The summed E-state index contributed by atoms with van der Waals surface area (Å²) < 4.78 is 29.8. The second kappa shape index (κ2) is 7.69. The van der Waals surface area contributed by atoms with Gasteiger partial charge in [0.25, 0.3) is 5.69 Å². The van der Waals surface area contributed by atoms with Crippen LogP contribution in [0.2, 0.25) is 0 Å². The molecule has 1 aromatic carbocycles. The second-order valence-corrected chi connectivity index (χ2v) is 14.3. The van der Waals surface area contributed by atoms with Crippen LogP contribution in [0.3, 0.4) is 0 Å². The van der Waals surface area contributed by atoms with Gasteiger partial charge in [0.15, 0.2) is 0 Å². The maximum absolute atomic E-state index is 14.1. The first kappa shape index (κ1) is 24.2. The number of benzene rings is 1. The molecule has 1 aromatic rings. The molecule has 0 spiro atoms. The van der Waals surface area contributed by atoms with Crippen molar-refractivity contribution >= 4 is 27.3 Å². The molecule has 6 rings (SSSR count). The first-order chi connectivity index (χ1) is 16.9. The Hall–Kier alpha value is -2.13. The number of rotatable bonds is 4. The molecule has 1 saturated heterocycles. The van der Waals surface area contributed by atoms with Gasteiger partial charge in [-0.2, -0.15) is 4.31 Å². The van der Waals surface area contributed by atoms with Crippen molar-refractivity contribution in [1.29, 1.82) is 0 Å². The summed E-state index contributed by atoms with van der Waals surface area (Å²) in [4.78, 5) is 35.8. The number of non-ortho nitro benzene ring substituents is 1. The number of hydrogen-bond donors (Lipinski definition) is 0. The van der Waals surface area contributed by atoms with Crippen molar-refractivity contribution in [2.45, 2.75) is 82.7 Å². The Morgan fingerprint density at radius 3 is 2.44 bits per heavy atom. The third-order valence-electron chi connectivity index (χ3n) is 11.2. The van der Waals surface area contributed by atoms with Crippen LogP contribution in [0.4, 0.5) is 5.69 Å². The molecule has 194 valence electrons. The molecule has 1 heterocycles. The Morgan fingerprint density at radius 1 is 1.11 bits per heavy atom. The average molecular weight is 515 g/mol. The van der Waals surface area contributed by atoms with Crippen molar-refractivity contribution in [3.8, 4) is 0 Å². The van der Waals surface area contributed by atoms with Crippen molar-refractivity contribution in [2.75, 3.05) is 0 Å². The Kier molecular flexibility index (Phi) is 5.18. The lowest BCUT2D eigenvalue weighted by Crippen LogP contribution is -2.57. The Bertz CT molecular complexity index is 1260. The lowest BCUT2D eigenvalue weighted by Gasteiger charge is -2.59. The Labute approximate surface area is 212 Å². The van der Waals surface area contributed by atoms with Crippen LogP contribution < -0.4 is 0 Å². The van der Waals surface area contributed by atoms with Gasteiger partial charge in [0, 0.05) is 43.0 Å². The van der Waals surface area contributed by atoms with Crippen LogP contribution in [-0.4, -0.2) is 41.3 Å². The monoisotopic (exact) mass is 514 g/mol. The topological polar surface area (TPSA) is 114 Å².